The van der Waals surface area contributed by atoms with Crippen molar-refractivity contribution in [2.75, 3.05) is 36.4 Å². The lowest BCUT2D eigenvalue weighted by Crippen LogP contribution is -2.50. The number of nitrogens with zero attached hydrogens (tertiary/aromatic N) is 3. The topological polar surface area (TPSA) is 73.0 Å². The normalized spacial score (nSPS) is 16.5. The average molecular weight is 435 g/mol. The SMILES string of the molecule is Cc1cccc(N2CCN(C(=O)Nc3ccc4c(c3)C(=O)N(C(C)(C)C)C4=O)CC2)c1C. The Morgan fingerprint density at radius 2 is 1.56 bits per heavy atom. The highest BCUT2D eigenvalue weighted by Crippen LogP contribution is 2.31. The van der Waals surface area contributed by atoms with Crippen molar-refractivity contribution in [1.82, 2.24) is 9.80 Å². The molecule has 7 heteroatoms. The van der Waals surface area contributed by atoms with E-state index >= 15 is 0 Å². The zero-order valence-corrected chi connectivity index (χ0v) is 19.4. The van der Waals surface area contributed by atoms with Gasteiger partial charge in [-0.2, -0.15) is 0 Å². The van der Waals surface area contributed by atoms with Gasteiger partial charge in [-0.25, -0.2) is 4.79 Å². The van der Waals surface area contributed by atoms with Gasteiger partial charge in [-0.15, -0.1) is 0 Å². The summed E-state index contributed by atoms with van der Waals surface area (Å²) in [4.78, 5) is 43.6. The van der Waals surface area contributed by atoms with E-state index in [1.54, 1.807) is 23.1 Å². The fraction of sp³-hybridized carbons (Fsp3) is 0.400. The molecule has 0 aliphatic carbocycles. The summed E-state index contributed by atoms with van der Waals surface area (Å²) in [6.07, 6.45) is 0. The van der Waals surface area contributed by atoms with E-state index < -0.39 is 5.54 Å². The predicted octanol–water partition coefficient (Wildman–Crippen LogP) is 4.05. The van der Waals surface area contributed by atoms with Gasteiger partial charge in [0, 0.05) is 43.1 Å². The van der Waals surface area contributed by atoms with Gasteiger partial charge in [0.1, 0.15) is 0 Å². The van der Waals surface area contributed by atoms with Crippen LogP contribution in [0.3, 0.4) is 0 Å². The van der Waals surface area contributed by atoms with Crippen LogP contribution in [0.4, 0.5) is 16.2 Å². The minimum absolute atomic E-state index is 0.199. The summed E-state index contributed by atoms with van der Waals surface area (Å²) in [5.74, 6) is -0.617. The molecule has 2 aromatic rings. The highest BCUT2D eigenvalue weighted by atomic mass is 16.2. The first-order chi connectivity index (χ1) is 15.1. The Labute approximate surface area is 189 Å². The van der Waals surface area contributed by atoms with Gasteiger partial charge in [-0.1, -0.05) is 12.1 Å². The van der Waals surface area contributed by atoms with Gasteiger partial charge >= 0.3 is 6.03 Å². The third-order valence-corrected chi connectivity index (χ3v) is 6.29. The van der Waals surface area contributed by atoms with E-state index in [9.17, 15) is 14.4 Å². The summed E-state index contributed by atoms with van der Waals surface area (Å²) >= 11 is 0. The first kappa shape index (κ1) is 21.9. The number of urea groups is 1. The van der Waals surface area contributed by atoms with E-state index in [4.69, 9.17) is 0 Å². The molecule has 0 atom stereocenters. The predicted molar refractivity (Wildman–Crippen MR) is 125 cm³/mol. The van der Waals surface area contributed by atoms with Crippen LogP contribution in [-0.4, -0.2) is 59.4 Å². The zero-order chi connectivity index (χ0) is 23.2. The number of amides is 4. The van der Waals surface area contributed by atoms with Crippen LogP contribution in [0.25, 0.3) is 0 Å². The summed E-state index contributed by atoms with van der Waals surface area (Å²) in [6, 6.07) is 11.0. The molecular weight excluding hydrogens is 404 g/mol. The van der Waals surface area contributed by atoms with E-state index in [2.05, 4.69) is 42.3 Å². The van der Waals surface area contributed by atoms with Gasteiger partial charge in [0.05, 0.1) is 11.1 Å². The van der Waals surface area contributed by atoms with Crippen molar-refractivity contribution in [2.45, 2.75) is 40.2 Å². The maximum absolute atomic E-state index is 12.8. The number of hydrogen-bond donors (Lipinski definition) is 1. The first-order valence-electron chi connectivity index (χ1n) is 11.0. The van der Waals surface area contributed by atoms with E-state index in [1.165, 1.54) is 21.7 Å². The molecule has 2 aliphatic rings. The smallest absolute Gasteiger partial charge is 0.321 e. The van der Waals surface area contributed by atoms with Crippen LogP contribution in [0, 0.1) is 13.8 Å². The molecule has 0 bridgehead atoms. The van der Waals surface area contributed by atoms with Gasteiger partial charge in [0.25, 0.3) is 11.8 Å². The van der Waals surface area contributed by atoms with Crippen molar-refractivity contribution in [2.24, 2.45) is 0 Å². The number of rotatable bonds is 2. The third-order valence-electron chi connectivity index (χ3n) is 6.29. The van der Waals surface area contributed by atoms with E-state index in [0.717, 1.165) is 13.1 Å². The number of nitrogens with one attached hydrogen (secondary N) is 1. The second kappa shape index (κ2) is 7.97. The van der Waals surface area contributed by atoms with E-state index in [-0.39, 0.29) is 17.8 Å². The summed E-state index contributed by atoms with van der Waals surface area (Å²) < 4.78 is 0. The lowest BCUT2D eigenvalue weighted by Gasteiger charge is -2.37. The van der Waals surface area contributed by atoms with Crippen LogP contribution in [-0.2, 0) is 0 Å². The Morgan fingerprint density at radius 3 is 2.22 bits per heavy atom. The molecule has 0 unspecified atom stereocenters. The minimum atomic E-state index is -0.605. The number of piperazine rings is 1. The summed E-state index contributed by atoms with van der Waals surface area (Å²) in [5.41, 5.74) is 4.38. The number of hydrogen-bond acceptors (Lipinski definition) is 4. The number of anilines is 2. The third kappa shape index (κ3) is 3.83. The van der Waals surface area contributed by atoms with Crippen molar-refractivity contribution in [3.8, 4) is 0 Å². The van der Waals surface area contributed by atoms with Crippen LogP contribution in [0.15, 0.2) is 36.4 Å². The largest absolute Gasteiger partial charge is 0.368 e. The fourth-order valence-electron chi connectivity index (χ4n) is 4.36. The Bertz CT molecular complexity index is 1090. The maximum atomic E-state index is 12.8. The second-order valence-electron chi connectivity index (χ2n) is 9.50. The average Bonchev–Trinajstić information content (AvgIpc) is 3.00. The van der Waals surface area contributed by atoms with E-state index in [0.29, 0.717) is 29.9 Å². The molecule has 0 spiro atoms. The van der Waals surface area contributed by atoms with Crippen molar-refractivity contribution in [3.05, 3.63) is 58.7 Å². The monoisotopic (exact) mass is 434 g/mol. The van der Waals surface area contributed by atoms with Gasteiger partial charge in [0.15, 0.2) is 0 Å². The van der Waals surface area contributed by atoms with Crippen molar-refractivity contribution in [3.63, 3.8) is 0 Å². The highest BCUT2D eigenvalue weighted by molar-refractivity contribution is 6.22. The quantitative estimate of drug-likeness (QED) is 0.724. The summed E-state index contributed by atoms with van der Waals surface area (Å²) in [5, 5.41) is 2.89. The first-order valence-corrected chi connectivity index (χ1v) is 11.0. The Morgan fingerprint density at radius 1 is 0.906 bits per heavy atom. The number of fused-ring (bicyclic) bond motifs is 1. The number of aryl methyl sites for hydroxylation is 1. The Balaban J connectivity index is 1.42. The molecule has 1 N–H and O–H groups in total. The molecule has 168 valence electrons. The van der Waals surface area contributed by atoms with Crippen LogP contribution in [0.1, 0.15) is 52.6 Å². The highest BCUT2D eigenvalue weighted by Gasteiger charge is 2.42. The minimum Gasteiger partial charge on any atom is -0.368 e. The Kier molecular flexibility index (Phi) is 5.44. The molecule has 32 heavy (non-hydrogen) atoms. The van der Waals surface area contributed by atoms with Crippen LogP contribution < -0.4 is 10.2 Å². The fourth-order valence-corrected chi connectivity index (χ4v) is 4.36. The molecule has 0 aromatic heterocycles. The van der Waals surface area contributed by atoms with Gasteiger partial charge in [0.2, 0.25) is 0 Å². The van der Waals surface area contributed by atoms with Gasteiger partial charge in [-0.3, -0.25) is 14.5 Å². The lowest BCUT2D eigenvalue weighted by molar-refractivity contribution is 0.0507. The molecule has 0 saturated carbocycles. The molecule has 2 heterocycles. The molecular formula is C25H30N4O3. The summed E-state index contributed by atoms with van der Waals surface area (Å²) in [7, 11) is 0. The second-order valence-corrected chi connectivity index (χ2v) is 9.50. The van der Waals surface area contributed by atoms with Crippen molar-refractivity contribution in [1.29, 1.82) is 0 Å². The number of imide groups is 1. The maximum Gasteiger partial charge on any atom is 0.321 e. The van der Waals surface area contributed by atoms with Crippen molar-refractivity contribution >= 4 is 29.2 Å². The standard InChI is InChI=1S/C25H30N4O3/c1-16-7-6-8-21(17(16)2)27-11-13-28(14-12-27)24(32)26-18-9-10-19-20(15-18)23(31)29(22(19)30)25(3,4)5/h6-10,15H,11-14H2,1-5H3,(H,26,32). The Hall–Kier alpha value is -3.35. The number of benzene rings is 2. The van der Waals surface area contributed by atoms with Crippen LogP contribution >= 0.6 is 0 Å². The molecule has 0 radical (unpaired) electrons. The molecule has 2 aromatic carbocycles. The molecule has 2 aliphatic heterocycles. The van der Waals surface area contributed by atoms with Crippen LogP contribution in [0.5, 0.6) is 0 Å². The van der Waals surface area contributed by atoms with Gasteiger partial charge in [-0.05, 0) is 70.0 Å². The molecule has 7 nitrogen and oxygen atoms in total. The molecule has 1 saturated heterocycles. The molecule has 4 amide bonds. The number of carbonyl (C=O) groups excluding carboxylic acids is 3. The zero-order valence-electron chi connectivity index (χ0n) is 19.4. The lowest BCUT2D eigenvalue weighted by atomic mass is 10.1. The number of carbonyl (C=O) groups is 3. The molecule has 4 rings (SSSR count). The molecule has 1 fully saturated rings. The van der Waals surface area contributed by atoms with Gasteiger partial charge < -0.3 is 15.1 Å². The van der Waals surface area contributed by atoms with Crippen LogP contribution in [0.2, 0.25) is 0 Å². The van der Waals surface area contributed by atoms with E-state index in [1.807, 2.05) is 20.8 Å². The summed E-state index contributed by atoms with van der Waals surface area (Å²) in [6.45, 7) is 12.5. The van der Waals surface area contributed by atoms with Crippen molar-refractivity contribution < 1.29 is 14.4 Å².